The Kier molecular flexibility index (Phi) is 5.58. The van der Waals surface area contributed by atoms with Crippen LogP contribution >= 0.6 is 15.9 Å². The summed E-state index contributed by atoms with van der Waals surface area (Å²) in [7, 11) is 1.35. The maximum Gasteiger partial charge on any atom is 0.320 e. The molecule has 0 bridgehead atoms. The van der Waals surface area contributed by atoms with Gasteiger partial charge in [0.1, 0.15) is 10.6 Å². The fourth-order valence-corrected chi connectivity index (χ4v) is 1.73. The van der Waals surface area contributed by atoms with Crippen molar-refractivity contribution in [3.8, 4) is 0 Å². The van der Waals surface area contributed by atoms with Crippen LogP contribution in [0.15, 0.2) is 24.3 Å². The van der Waals surface area contributed by atoms with E-state index < -0.39 is 0 Å². The van der Waals surface area contributed by atoms with Crippen molar-refractivity contribution in [1.29, 1.82) is 0 Å². The van der Waals surface area contributed by atoms with E-state index in [0.717, 1.165) is 5.56 Å². The first-order chi connectivity index (χ1) is 8.04. The molecule has 0 aliphatic rings. The molecular formula is C12H15BrFNO2. The first-order valence-electron chi connectivity index (χ1n) is 5.25. The maximum absolute atomic E-state index is 12.7. The van der Waals surface area contributed by atoms with E-state index in [9.17, 15) is 9.18 Å². The third-order valence-corrected chi connectivity index (χ3v) is 3.13. The highest BCUT2D eigenvalue weighted by molar-refractivity contribution is 9.10. The Hall–Kier alpha value is -0.940. The molecule has 0 saturated heterocycles. The first kappa shape index (κ1) is 14.1. The van der Waals surface area contributed by atoms with E-state index in [0.29, 0.717) is 6.54 Å². The van der Waals surface area contributed by atoms with Gasteiger partial charge in [-0.25, -0.2) is 4.39 Å². The molecule has 94 valence electrons. The average molecular weight is 304 g/mol. The van der Waals surface area contributed by atoms with Gasteiger partial charge in [-0.3, -0.25) is 4.79 Å². The number of hydrogen-bond acceptors (Lipinski definition) is 3. The summed E-state index contributed by atoms with van der Waals surface area (Å²) < 4.78 is 17.3. The van der Waals surface area contributed by atoms with Gasteiger partial charge in [-0.05, 0) is 24.6 Å². The molecule has 1 aromatic carbocycles. The lowest BCUT2D eigenvalue weighted by atomic mass is 10.1. The van der Waals surface area contributed by atoms with E-state index in [1.807, 2.05) is 6.92 Å². The van der Waals surface area contributed by atoms with Crippen LogP contribution in [0.25, 0.3) is 0 Å². The first-order valence-corrected chi connectivity index (χ1v) is 6.17. The predicted molar refractivity (Wildman–Crippen MR) is 67.5 cm³/mol. The lowest BCUT2D eigenvalue weighted by Gasteiger charge is -2.16. The SMILES string of the molecule is COC(=O)C(Br)CN[C@@H](C)c1ccc(F)cc1. The van der Waals surface area contributed by atoms with Gasteiger partial charge in [-0.2, -0.15) is 0 Å². The molecule has 0 spiro atoms. The van der Waals surface area contributed by atoms with E-state index >= 15 is 0 Å². The van der Waals surface area contributed by atoms with Gasteiger partial charge in [-0.1, -0.05) is 28.1 Å². The highest BCUT2D eigenvalue weighted by Gasteiger charge is 2.16. The Labute approximate surface area is 108 Å². The largest absolute Gasteiger partial charge is 0.468 e. The van der Waals surface area contributed by atoms with Crippen LogP contribution in [0.5, 0.6) is 0 Å². The van der Waals surface area contributed by atoms with Gasteiger partial charge in [0.2, 0.25) is 0 Å². The van der Waals surface area contributed by atoms with Gasteiger partial charge in [0, 0.05) is 12.6 Å². The number of halogens is 2. The zero-order chi connectivity index (χ0) is 12.8. The molecule has 0 aromatic heterocycles. The fourth-order valence-electron chi connectivity index (χ4n) is 1.36. The summed E-state index contributed by atoms with van der Waals surface area (Å²) in [5.41, 5.74) is 0.968. The van der Waals surface area contributed by atoms with Gasteiger partial charge in [0.15, 0.2) is 0 Å². The maximum atomic E-state index is 12.7. The molecule has 0 radical (unpaired) electrons. The summed E-state index contributed by atoms with van der Waals surface area (Å²) >= 11 is 3.22. The number of rotatable bonds is 5. The van der Waals surface area contributed by atoms with E-state index in [-0.39, 0.29) is 22.7 Å². The lowest BCUT2D eigenvalue weighted by molar-refractivity contribution is -0.139. The Morgan fingerprint density at radius 1 is 1.47 bits per heavy atom. The van der Waals surface area contributed by atoms with Crippen molar-refractivity contribution < 1.29 is 13.9 Å². The van der Waals surface area contributed by atoms with Crippen LogP contribution < -0.4 is 5.32 Å². The number of benzene rings is 1. The van der Waals surface area contributed by atoms with E-state index in [1.165, 1.54) is 19.2 Å². The van der Waals surface area contributed by atoms with Crippen LogP contribution in [0.4, 0.5) is 4.39 Å². The molecule has 3 nitrogen and oxygen atoms in total. The summed E-state index contributed by atoms with van der Waals surface area (Å²) in [6.45, 7) is 2.40. The fraction of sp³-hybridized carbons (Fsp3) is 0.417. The number of alkyl halides is 1. The molecule has 0 heterocycles. The zero-order valence-electron chi connectivity index (χ0n) is 9.74. The minimum absolute atomic E-state index is 0.0420. The normalized spacial score (nSPS) is 14.1. The molecule has 2 atom stereocenters. The number of esters is 1. The third kappa shape index (κ3) is 4.44. The molecule has 0 fully saturated rings. The van der Waals surface area contributed by atoms with Crippen LogP contribution in [-0.2, 0) is 9.53 Å². The second kappa shape index (κ2) is 6.71. The molecule has 0 saturated carbocycles. The molecule has 17 heavy (non-hydrogen) atoms. The van der Waals surface area contributed by atoms with Crippen LogP contribution in [0.2, 0.25) is 0 Å². The Balaban J connectivity index is 2.47. The summed E-state index contributed by atoms with van der Waals surface area (Å²) in [6.07, 6.45) is 0. The monoisotopic (exact) mass is 303 g/mol. The van der Waals surface area contributed by atoms with Crippen molar-refractivity contribution in [2.24, 2.45) is 0 Å². The average Bonchev–Trinajstić information content (AvgIpc) is 2.35. The number of ether oxygens (including phenoxy) is 1. The summed E-state index contributed by atoms with van der Waals surface area (Å²) in [6, 6.07) is 6.31. The molecule has 0 aliphatic carbocycles. The molecule has 0 amide bonds. The summed E-state index contributed by atoms with van der Waals surface area (Å²) in [5.74, 6) is -0.572. The lowest BCUT2D eigenvalue weighted by Crippen LogP contribution is -2.31. The van der Waals surface area contributed by atoms with Crippen molar-refractivity contribution in [3.05, 3.63) is 35.6 Å². The van der Waals surface area contributed by atoms with Gasteiger partial charge in [0.25, 0.3) is 0 Å². The van der Waals surface area contributed by atoms with Crippen LogP contribution in [0.3, 0.4) is 0 Å². The third-order valence-electron chi connectivity index (χ3n) is 2.43. The van der Waals surface area contributed by atoms with Gasteiger partial charge in [-0.15, -0.1) is 0 Å². The molecule has 5 heteroatoms. The Morgan fingerprint density at radius 2 is 2.06 bits per heavy atom. The minimum Gasteiger partial charge on any atom is -0.468 e. The van der Waals surface area contributed by atoms with Crippen molar-refractivity contribution in [2.75, 3.05) is 13.7 Å². The van der Waals surface area contributed by atoms with E-state index in [2.05, 4.69) is 26.0 Å². The highest BCUT2D eigenvalue weighted by atomic mass is 79.9. The van der Waals surface area contributed by atoms with E-state index in [1.54, 1.807) is 12.1 Å². The molecule has 0 aliphatic heterocycles. The Morgan fingerprint density at radius 3 is 2.59 bits per heavy atom. The number of methoxy groups -OCH3 is 1. The van der Waals surface area contributed by atoms with Gasteiger partial charge in [0.05, 0.1) is 7.11 Å². The molecule has 1 rings (SSSR count). The number of carbonyl (C=O) groups is 1. The van der Waals surface area contributed by atoms with Crippen molar-refractivity contribution in [2.45, 2.75) is 17.8 Å². The van der Waals surface area contributed by atoms with Crippen LogP contribution in [-0.4, -0.2) is 24.5 Å². The van der Waals surface area contributed by atoms with Crippen molar-refractivity contribution in [3.63, 3.8) is 0 Å². The van der Waals surface area contributed by atoms with Gasteiger partial charge < -0.3 is 10.1 Å². The van der Waals surface area contributed by atoms with E-state index in [4.69, 9.17) is 0 Å². The predicted octanol–water partition coefficient (Wildman–Crippen LogP) is 2.41. The van der Waals surface area contributed by atoms with Crippen LogP contribution in [0.1, 0.15) is 18.5 Å². The van der Waals surface area contributed by atoms with Crippen LogP contribution in [0, 0.1) is 5.82 Å². The summed E-state index contributed by atoms with van der Waals surface area (Å²) in [5, 5.41) is 3.16. The second-order valence-electron chi connectivity index (χ2n) is 3.67. The molecule has 1 unspecified atom stereocenters. The highest BCUT2D eigenvalue weighted by Crippen LogP contribution is 2.13. The Bertz CT molecular complexity index is 369. The standard InChI is InChI=1S/C12H15BrFNO2/c1-8(9-3-5-10(14)6-4-9)15-7-11(13)12(16)17-2/h3-6,8,11,15H,7H2,1-2H3/t8-,11?/m0/s1. The quantitative estimate of drug-likeness (QED) is 0.670. The smallest absolute Gasteiger partial charge is 0.320 e. The number of nitrogens with one attached hydrogen (secondary N) is 1. The van der Waals surface area contributed by atoms with Gasteiger partial charge >= 0.3 is 5.97 Å². The molecule has 1 N–H and O–H groups in total. The minimum atomic E-state index is -0.379. The number of carbonyl (C=O) groups excluding carboxylic acids is 1. The number of hydrogen-bond donors (Lipinski definition) is 1. The zero-order valence-corrected chi connectivity index (χ0v) is 11.3. The molecule has 1 aromatic rings. The molecular weight excluding hydrogens is 289 g/mol. The van der Waals surface area contributed by atoms with Crippen molar-refractivity contribution in [1.82, 2.24) is 5.32 Å². The summed E-state index contributed by atoms with van der Waals surface area (Å²) in [4.78, 5) is 10.8. The second-order valence-corrected chi connectivity index (χ2v) is 4.78. The topological polar surface area (TPSA) is 38.3 Å². The van der Waals surface area contributed by atoms with Crippen molar-refractivity contribution >= 4 is 21.9 Å².